The highest BCUT2D eigenvalue weighted by Crippen LogP contribution is 2.33. The molecule has 1 aromatic carbocycles. The van der Waals surface area contributed by atoms with Crippen molar-refractivity contribution in [2.24, 2.45) is 0 Å². The molecule has 0 aromatic heterocycles. The Morgan fingerprint density at radius 3 is 2.95 bits per heavy atom. The number of hydrogen-bond donors (Lipinski definition) is 1. The molecule has 7 nitrogen and oxygen atoms in total. The molecule has 1 fully saturated rings. The van der Waals surface area contributed by atoms with Crippen molar-refractivity contribution in [3.8, 4) is 5.75 Å². The first-order chi connectivity index (χ1) is 10.1. The van der Waals surface area contributed by atoms with E-state index < -0.39 is 4.92 Å². The third-order valence-corrected chi connectivity index (χ3v) is 3.56. The minimum atomic E-state index is -0.560. The van der Waals surface area contributed by atoms with E-state index in [0.717, 1.165) is 12.8 Å². The molecule has 0 bridgehead atoms. The molecule has 0 radical (unpaired) electrons. The van der Waals surface area contributed by atoms with E-state index in [1.165, 1.54) is 18.2 Å². The maximum atomic E-state index is 12.6. The van der Waals surface area contributed by atoms with Gasteiger partial charge in [-0.1, -0.05) is 6.07 Å². The summed E-state index contributed by atoms with van der Waals surface area (Å²) in [6, 6.07) is 4.08. The van der Waals surface area contributed by atoms with E-state index in [2.05, 4.69) is 0 Å². The lowest BCUT2D eigenvalue weighted by Crippen LogP contribution is -2.37. The zero-order valence-electron chi connectivity index (χ0n) is 11.8. The van der Waals surface area contributed by atoms with Crippen molar-refractivity contribution >= 4 is 11.6 Å². The first-order valence-electron chi connectivity index (χ1n) is 6.92. The Morgan fingerprint density at radius 2 is 2.33 bits per heavy atom. The average Bonchev–Trinajstić information content (AvgIpc) is 2.95. The zero-order valence-corrected chi connectivity index (χ0v) is 11.8. The third kappa shape index (κ3) is 2.97. The molecule has 114 valence electrons. The highest BCUT2D eigenvalue weighted by Gasteiger charge is 2.32. The fourth-order valence-corrected chi connectivity index (χ4v) is 2.58. The van der Waals surface area contributed by atoms with E-state index in [-0.39, 0.29) is 42.2 Å². The fourth-order valence-electron chi connectivity index (χ4n) is 2.58. The molecule has 1 aliphatic heterocycles. The van der Waals surface area contributed by atoms with Gasteiger partial charge >= 0.3 is 5.69 Å². The van der Waals surface area contributed by atoms with Crippen LogP contribution in [0.15, 0.2) is 18.2 Å². The second-order valence-electron chi connectivity index (χ2n) is 4.82. The van der Waals surface area contributed by atoms with Crippen LogP contribution in [-0.4, -0.2) is 46.6 Å². The number of carbonyl (C=O) groups excluding carboxylic acids is 1. The minimum Gasteiger partial charge on any atom is -0.487 e. The van der Waals surface area contributed by atoms with Crippen LogP contribution in [-0.2, 0) is 0 Å². The van der Waals surface area contributed by atoms with Gasteiger partial charge in [-0.25, -0.2) is 0 Å². The molecule has 7 heteroatoms. The Hall–Kier alpha value is -2.15. The Bertz CT molecular complexity index is 546. The molecule has 21 heavy (non-hydrogen) atoms. The molecule has 0 saturated carbocycles. The molecule has 1 N–H and O–H groups in total. The van der Waals surface area contributed by atoms with Gasteiger partial charge in [-0.05, 0) is 25.8 Å². The second kappa shape index (κ2) is 6.53. The first kappa shape index (κ1) is 15.2. The van der Waals surface area contributed by atoms with Gasteiger partial charge in [0.15, 0.2) is 0 Å². The molecule has 1 atom stereocenters. The first-order valence-corrected chi connectivity index (χ1v) is 6.92. The van der Waals surface area contributed by atoms with E-state index >= 15 is 0 Å². The Labute approximate surface area is 122 Å². The third-order valence-electron chi connectivity index (χ3n) is 3.56. The average molecular weight is 294 g/mol. The lowest BCUT2D eigenvalue weighted by atomic mass is 10.1. The van der Waals surface area contributed by atoms with Crippen LogP contribution in [0.1, 0.15) is 30.1 Å². The number of aliphatic hydroxyl groups excluding tert-OH is 1. The van der Waals surface area contributed by atoms with E-state index in [1.54, 1.807) is 11.8 Å². The molecular formula is C14H18N2O5. The van der Waals surface area contributed by atoms with Crippen molar-refractivity contribution in [2.45, 2.75) is 25.8 Å². The minimum absolute atomic E-state index is 0.00131. The predicted octanol–water partition coefficient (Wildman–Crippen LogP) is 1.59. The van der Waals surface area contributed by atoms with Gasteiger partial charge in [-0.3, -0.25) is 14.9 Å². The standard InChI is InChI=1S/C14H18N2O5/c1-2-21-13-11(6-3-7-12(13)16(19)20)14(18)15-8-4-5-10(15)9-17/h3,6-7,10,17H,2,4-5,8-9H2,1H3/t10-/m1/s1. The van der Waals surface area contributed by atoms with Crippen molar-refractivity contribution in [3.63, 3.8) is 0 Å². The number of nitrogens with zero attached hydrogens (tertiary/aromatic N) is 2. The molecule has 0 spiro atoms. The van der Waals surface area contributed by atoms with Crippen molar-refractivity contribution < 1.29 is 19.6 Å². The number of aliphatic hydroxyl groups is 1. The van der Waals surface area contributed by atoms with E-state index in [0.29, 0.717) is 6.54 Å². The summed E-state index contributed by atoms with van der Waals surface area (Å²) in [6.45, 7) is 2.37. The molecule has 1 aromatic rings. The molecule has 1 amide bonds. The van der Waals surface area contributed by atoms with Crippen LogP contribution in [0.3, 0.4) is 0 Å². The van der Waals surface area contributed by atoms with Crippen molar-refractivity contribution in [3.05, 3.63) is 33.9 Å². The van der Waals surface area contributed by atoms with Gasteiger partial charge in [0.1, 0.15) is 0 Å². The highest BCUT2D eigenvalue weighted by atomic mass is 16.6. The van der Waals surface area contributed by atoms with Crippen molar-refractivity contribution in [1.82, 2.24) is 4.90 Å². The predicted molar refractivity (Wildman–Crippen MR) is 75.4 cm³/mol. The van der Waals surface area contributed by atoms with Crippen LogP contribution in [0.4, 0.5) is 5.69 Å². The van der Waals surface area contributed by atoms with Gasteiger partial charge < -0.3 is 14.7 Å². The second-order valence-corrected chi connectivity index (χ2v) is 4.82. The summed E-state index contributed by atoms with van der Waals surface area (Å²) in [6.07, 6.45) is 1.55. The van der Waals surface area contributed by atoms with Crippen molar-refractivity contribution in [2.75, 3.05) is 19.8 Å². The number of amides is 1. The SMILES string of the molecule is CCOc1c(C(=O)N2CCC[C@@H]2CO)cccc1[N+](=O)[O-]. The van der Waals surface area contributed by atoms with Gasteiger partial charge in [-0.15, -0.1) is 0 Å². The van der Waals surface area contributed by atoms with Gasteiger partial charge in [-0.2, -0.15) is 0 Å². The molecule has 2 rings (SSSR count). The normalized spacial score (nSPS) is 17.8. The van der Waals surface area contributed by atoms with Crippen LogP contribution in [0, 0.1) is 10.1 Å². The van der Waals surface area contributed by atoms with Gasteiger partial charge in [0.05, 0.1) is 29.7 Å². The van der Waals surface area contributed by atoms with Gasteiger partial charge in [0.25, 0.3) is 5.91 Å². The summed E-state index contributed by atoms with van der Waals surface area (Å²) >= 11 is 0. The number of nitro groups is 1. The summed E-state index contributed by atoms with van der Waals surface area (Å²) in [5, 5.41) is 20.4. The molecule has 0 aliphatic carbocycles. The Balaban J connectivity index is 2.40. The van der Waals surface area contributed by atoms with Crippen LogP contribution >= 0.6 is 0 Å². The summed E-state index contributed by atoms with van der Waals surface area (Å²) < 4.78 is 5.33. The van der Waals surface area contributed by atoms with Gasteiger partial charge in [0, 0.05) is 12.6 Å². The topological polar surface area (TPSA) is 92.9 Å². The quantitative estimate of drug-likeness (QED) is 0.657. The number of likely N-dealkylation sites (tertiary alicyclic amines) is 1. The largest absolute Gasteiger partial charge is 0.487 e. The Morgan fingerprint density at radius 1 is 1.57 bits per heavy atom. The van der Waals surface area contributed by atoms with Crippen LogP contribution in [0.2, 0.25) is 0 Å². The molecule has 1 saturated heterocycles. The number of hydrogen-bond acceptors (Lipinski definition) is 5. The highest BCUT2D eigenvalue weighted by molar-refractivity contribution is 5.98. The number of rotatable bonds is 5. The van der Waals surface area contributed by atoms with Crippen LogP contribution in [0.25, 0.3) is 0 Å². The molecule has 0 unspecified atom stereocenters. The fraction of sp³-hybridized carbons (Fsp3) is 0.500. The monoisotopic (exact) mass is 294 g/mol. The smallest absolute Gasteiger partial charge is 0.311 e. The molecular weight excluding hydrogens is 276 g/mol. The summed E-state index contributed by atoms with van der Waals surface area (Å²) in [5.41, 5.74) is -0.0474. The van der Waals surface area contributed by atoms with E-state index in [9.17, 15) is 20.0 Å². The maximum absolute atomic E-state index is 12.6. The number of ether oxygens (including phenoxy) is 1. The van der Waals surface area contributed by atoms with E-state index in [4.69, 9.17) is 4.74 Å². The lowest BCUT2D eigenvalue weighted by molar-refractivity contribution is -0.385. The lowest BCUT2D eigenvalue weighted by Gasteiger charge is -2.23. The maximum Gasteiger partial charge on any atom is 0.311 e. The molecule has 1 heterocycles. The number of benzene rings is 1. The van der Waals surface area contributed by atoms with Crippen molar-refractivity contribution in [1.29, 1.82) is 0 Å². The van der Waals surface area contributed by atoms with Gasteiger partial charge in [0.2, 0.25) is 5.75 Å². The number of para-hydroxylation sites is 1. The van der Waals surface area contributed by atoms with Crippen LogP contribution < -0.4 is 4.74 Å². The Kier molecular flexibility index (Phi) is 4.74. The zero-order chi connectivity index (χ0) is 15.4. The summed E-state index contributed by atoms with van der Waals surface area (Å²) in [7, 11) is 0. The summed E-state index contributed by atoms with van der Waals surface area (Å²) in [5.74, 6) is -0.336. The van der Waals surface area contributed by atoms with Crippen LogP contribution in [0.5, 0.6) is 5.75 Å². The van der Waals surface area contributed by atoms with E-state index in [1.807, 2.05) is 0 Å². The number of nitro benzene ring substituents is 1. The summed E-state index contributed by atoms with van der Waals surface area (Å²) in [4.78, 5) is 24.7. The number of carbonyl (C=O) groups is 1. The molecule has 1 aliphatic rings.